The Morgan fingerprint density at radius 3 is 1.37 bits per heavy atom. The Bertz CT molecular complexity index is 662. The average molecular weight is 504 g/mol. The summed E-state index contributed by atoms with van der Waals surface area (Å²) in [7, 11) is -9.53. The Hall–Kier alpha value is -0.833. The second-order valence-corrected chi connectivity index (χ2v) is 14.1. The summed E-state index contributed by atoms with van der Waals surface area (Å²) in [5.74, 6) is -6.29. The van der Waals surface area contributed by atoms with Gasteiger partial charge >= 0.3 is 165 Å². The first-order valence-corrected chi connectivity index (χ1v) is 13.4. The van der Waals surface area contributed by atoms with E-state index in [1.54, 1.807) is 0 Å². The second-order valence-electron chi connectivity index (χ2n) is 6.78. The molecule has 0 aromatic carbocycles. The van der Waals surface area contributed by atoms with E-state index in [1.807, 2.05) is 0 Å². The fourth-order valence-corrected chi connectivity index (χ4v) is 8.77. The maximum atomic E-state index is 14.6. The second kappa shape index (κ2) is 7.64. The minimum absolute atomic E-state index is 0.682. The van der Waals surface area contributed by atoms with Crippen molar-refractivity contribution < 1.29 is 66.2 Å². The Morgan fingerprint density at radius 2 is 1.10 bits per heavy atom. The number of halogens is 10. The van der Waals surface area contributed by atoms with Crippen LogP contribution in [0.5, 0.6) is 0 Å². The molecule has 0 saturated carbocycles. The van der Waals surface area contributed by atoms with E-state index < -0.39 is 65.0 Å². The Labute approximate surface area is 165 Å². The predicted molar refractivity (Wildman–Crippen MR) is 85.8 cm³/mol. The first kappa shape index (κ1) is 27.2. The molecule has 0 atom stereocenters. The van der Waals surface area contributed by atoms with Crippen LogP contribution in [0.1, 0.15) is 13.8 Å². The monoisotopic (exact) mass is 504 g/mol. The minimum atomic E-state index is -6.91. The number of alkyl halides is 10. The van der Waals surface area contributed by atoms with Crippen LogP contribution in [0.4, 0.5) is 43.9 Å². The van der Waals surface area contributed by atoms with Crippen molar-refractivity contribution in [2.24, 2.45) is 0 Å². The van der Waals surface area contributed by atoms with Gasteiger partial charge in [0.2, 0.25) is 0 Å². The van der Waals surface area contributed by atoms with Crippen molar-refractivity contribution in [3.05, 3.63) is 11.5 Å². The van der Waals surface area contributed by atoms with Gasteiger partial charge in [0.25, 0.3) is 0 Å². The normalized spacial score (nSPS) is 21.6. The van der Waals surface area contributed by atoms with Gasteiger partial charge in [-0.3, -0.25) is 0 Å². The molecule has 0 aromatic heterocycles. The van der Waals surface area contributed by atoms with Crippen LogP contribution in [0.15, 0.2) is 11.5 Å². The Kier molecular flexibility index (Phi) is 6.93. The molecule has 5 nitrogen and oxygen atoms in total. The summed E-state index contributed by atoms with van der Waals surface area (Å²) in [4.78, 5) is 0. The van der Waals surface area contributed by atoms with Gasteiger partial charge in [-0.15, -0.1) is 0 Å². The quantitative estimate of drug-likeness (QED) is 0.220. The van der Waals surface area contributed by atoms with Gasteiger partial charge in [-0.25, -0.2) is 0 Å². The summed E-state index contributed by atoms with van der Waals surface area (Å²) < 4.78 is 158. The maximum absolute atomic E-state index is 14.6. The van der Waals surface area contributed by atoms with E-state index in [1.165, 1.54) is 19.6 Å². The molecule has 0 unspecified atom stereocenters. The van der Waals surface area contributed by atoms with Crippen molar-refractivity contribution in [1.29, 1.82) is 0 Å². The van der Waals surface area contributed by atoms with Crippen molar-refractivity contribution in [1.82, 2.24) is 0 Å². The van der Waals surface area contributed by atoms with Gasteiger partial charge in [0.05, 0.1) is 0 Å². The van der Waals surface area contributed by atoms with Crippen molar-refractivity contribution in [3.63, 3.8) is 0 Å². The van der Waals surface area contributed by atoms with Crippen LogP contribution in [0.3, 0.4) is 0 Å². The topological polar surface area (TPSA) is 46.2 Å². The fourth-order valence-electron chi connectivity index (χ4n) is 2.32. The number of hydrogen-bond acceptors (Lipinski definition) is 5. The zero-order valence-electron chi connectivity index (χ0n) is 16.2. The summed E-state index contributed by atoms with van der Waals surface area (Å²) >= 11 is 0. The van der Waals surface area contributed by atoms with Crippen molar-refractivity contribution in [3.8, 4) is 0 Å². The third kappa shape index (κ3) is 4.81. The van der Waals surface area contributed by atoms with E-state index in [2.05, 4.69) is 9.05 Å². The van der Waals surface area contributed by atoms with Crippen molar-refractivity contribution in [2.75, 3.05) is 13.2 Å². The van der Waals surface area contributed by atoms with Gasteiger partial charge in [0, 0.05) is 0 Å². The molecule has 0 radical (unpaired) electrons. The summed E-state index contributed by atoms with van der Waals surface area (Å²) in [5, 5.41) is 0. The molecule has 0 spiro atoms. The molecule has 1 rings (SSSR count). The molecule has 1 heterocycles. The van der Waals surface area contributed by atoms with Gasteiger partial charge in [-0.2, -0.15) is 0 Å². The molecule has 0 amide bonds. The van der Waals surface area contributed by atoms with Crippen LogP contribution in [0.25, 0.3) is 0 Å². The molecule has 1 aliphatic heterocycles. The summed E-state index contributed by atoms with van der Waals surface area (Å²) in [5.41, 5.74) is -6.60. The molecule has 0 fully saturated rings. The Balaban J connectivity index is 3.96. The van der Waals surface area contributed by atoms with Crippen LogP contribution in [0, 0.1) is 0 Å². The predicted octanol–water partition coefficient (Wildman–Crippen LogP) is 6.69. The summed E-state index contributed by atoms with van der Waals surface area (Å²) in [6, 6.07) is 0. The van der Waals surface area contributed by atoms with Gasteiger partial charge < -0.3 is 0 Å². The van der Waals surface area contributed by atoms with Crippen LogP contribution >= 0.6 is 7.74 Å². The zero-order valence-corrected chi connectivity index (χ0v) is 18.1. The number of allylic oxidation sites excluding steroid dienone is 2. The molecule has 1 aliphatic rings. The Morgan fingerprint density at radius 1 is 0.733 bits per heavy atom. The molecule has 0 aromatic rings. The van der Waals surface area contributed by atoms with Gasteiger partial charge in [0.15, 0.2) is 0 Å². The van der Waals surface area contributed by atoms with E-state index in [4.69, 9.17) is 13.3 Å². The first-order chi connectivity index (χ1) is 13.1. The van der Waals surface area contributed by atoms with Crippen LogP contribution in [0.2, 0.25) is 19.6 Å². The van der Waals surface area contributed by atoms with E-state index >= 15 is 0 Å². The van der Waals surface area contributed by atoms with Gasteiger partial charge in [0.1, 0.15) is 0 Å². The standard InChI is InChI=1S/C13H19F10O5PSi/c1-6-24-29(25-7-2,28-30(3,4)5)26-8(9(27-29)11(15,16)17)10(14,12(18,19)20)13(21,22)23/h6-7H2,1-5H3. The number of hydrogen-bond donors (Lipinski definition) is 0. The summed E-state index contributed by atoms with van der Waals surface area (Å²) in [6.45, 7) is 4.70. The molecule has 30 heavy (non-hydrogen) atoms. The third-order valence-electron chi connectivity index (χ3n) is 3.14. The molecule has 180 valence electrons. The molecule has 0 N–H and O–H groups in total. The number of rotatable bonds is 7. The average Bonchev–Trinajstić information content (AvgIpc) is 2.79. The van der Waals surface area contributed by atoms with Gasteiger partial charge in [-0.1, -0.05) is 0 Å². The van der Waals surface area contributed by atoms with Crippen molar-refractivity contribution in [2.45, 2.75) is 57.7 Å². The van der Waals surface area contributed by atoms with E-state index in [9.17, 15) is 43.9 Å². The van der Waals surface area contributed by atoms with Crippen molar-refractivity contribution >= 4 is 16.1 Å². The third-order valence-corrected chi connectivity index (χ3v) is 8.85. The van der Waals surface area contributed by atoms with E-state index in [0.717, 1.165) is 13.8 Å². The van der Waals surface area contributed by atoms with E-state index in [0.29, 0.717) is 0 Å². The molecule has 17 heteroatoms. The molecule has 0 aliphatic carbocycles. The van der Waals surface area contributed by atoms with E-state index in [-0.39, 0.29) is 0 Å². The van der Waals surface area contributed by atoms with Gasteiger partial charge in [-0.05, 0) is 0 Å². The molecule has 0 bridgehead atoms. The van der Waals surface area contributed by atoms with Crippen LogP contribution in [-0.4, -0.2) is 45.7 Å². The summed E-state index contributed by atoms with van der Waals surface area (Å²) in [6.07, 6.45) is -19.9. The SMILES string of the molecule is CCOP1(OCC)(O[Si](C)(C)C)OC(C(F)(F)F)=C(C(F)(C(F)(F)F)C(F)(F)F)O1. The fraction of sp³-hybridized carbons (Fsp3) is 0.846. The zero-order chi connectivity index (χ0) is 24.1. The first-order valence-electron chi connectivity index (χ1n) is 8.16. The van der Waals surface area contributed by atoms with Crippen LogP contribution in [-0.2, 0) is 22.3 Å². The van der Waals surface area contributed by atoms with Crippen LogP contribution < -0.4 is 0 Å². The molecular weight excluding hydrogens is 485 g/mol. The molecule has 0 saturated heterocycles. The molecular formula is C13H19F10O5PSi.